The molecule has 0 bridgehead atoms. The van der Waals surface area contributed by atoms with Gasteiger partial charge < -0.3 is 26.8 Å². The zero-order valence-electron chi connectivity index (χ0n) is 49.6. The highest BCUT2D eigenvalue weighted by Gasteiger charge is 2.31. The predicted molar refractivity (Wildman–Crippen MR) is 361 cm³/mol. The third-order valence-electron chi connectivity index (χ3n) is 14.3. The minimum atomic E-state index is -4.45. The molecule has 2 atom stereocenters. The molecule has 0 aliphatic carbocycles. The lowest BCUT2D eigenvalue weighted by molar-refractivity contribution is -0.138. The van der Waals surface area contributed by atoms with Crippen molar-refractivity contribution < 1.29 is 50.6 Å². The number of carboxylic acids is 1. The monoisotopic (exact) mass is 1340 g/mol. The normalized spacial score (nSPS) is 11.5. The molecule has 12 aromatic rings. The van der Waals surface area contributed by atoms with Gasteiger partial charge in [-0.05, 0) is 130 Å². The third-order valence-corrected chi connectivity index (χ3v) is 14.3. The van der Waals surface area contributed by atoms with Crippen LogP contribution in [0, 0.1) is 0 Å². The van der Waals surface area contributed by atoms with Crippen LogP contribution < -0.4 is 21.7 Å². The zero-order valence-corrected chi connectivity index (χ0v) is 52.0. The number of hydrogen-bond acceptors (Lipinski definition) is 9. The van der Waals surface area contributed by atoms with Crippen molar-refractivity contribution in [3.63, 3.8) is 0 Å². The van der Waals surface area contributed by atoms with Crippen LogP contribution >= 0.6 is 35.6 Å². The van der Waals surface area contributed by atoms with Crippen LogP contribution in [0.5, 0.6) is 0 Å². The molecular formula is C73H55Cl3F6N8O5. The quantitative estimate of drug-likeness (QED) is 0.0546. The summed E-state index contributed by atoms with van der Waals surface area (Å²) >= 11 is 9.53. The molecule has 12 rings (SSSR count). The number of aromatic carboxylic acids is 1. The Morgan fingerprint density at radius 1 is 0.453 bits per heavy atom. The van der Waals surface area contributed by atoms with E-state index < -0.39 is 47.3 Å². The fourth-order valence-electron chi connectivity index (χ4n) is 9.71. The first-order valence-electron chi connectivity index (χ1n) is 28.6. The molecule has 22 heteroatoms. The SMILES string of the molecule is Cl.ClCCl.N[C@@H](c1ccccc1)c1ccccn1.O=C(N[C@@H](c1ccccc1)c1ccccn1)c1cnc2cc(NC(=O)c3ccccc3-c3ccc(C(F)(F)F)cc3)ccc2c1.O=C(O)c1cnc2cc(NC(=O)c3ccccc3-c3ccc(C(F)(F)F)cc3)ccc2c1. The van der Waals surface area contributed by atoms with Crippen LogP contribution in [0.1, 0.15) is 87.2 Å². The highest BCUT2D eigenvalue weighted by molar-refractivity contribution is 6.40. The van der Waals surface area contributed by atoms with Crippen molar-refractivity contribution in [3.05, 3.63) is 323 Å². The van der Waals surface area contributed by atoms with Gasteiger partial charge in [0.1, 0.15) is 0 Å². The maximum atomic E-state index is 13.3. The van der Waals surface area contributed by atoms with Gasteiger partial charge in [0, 0.05) is 58.1 Å². The van der Waals surface area contributed by atoms with Crippen LogP contribution in [-0.4, -0.2) is 54.1 Å². The Balaban J connectivity index is 0.000000200. The lowest BCUT2D eigenvalue weighted by Gasteiger charge is -2.19. The molecule has 6 N–H and O–H groups in total. The van der Waals surface area contributed by atoms with Crippen molar-refractivity contribution in [2.45, 2.75) is 24.4 Å². The van der Waals surface area contributed by atoms with Crippen LogP contribution in [-0.2, 0) is 12.4 Å². The number of halogens is 9. The molecule has 0 saturated heterocycles. The maximum Gasteiger partial charge on any atom is 0.416 e. The van der Waals surface area contributed by atoms with Gasteiger partial charge in [-0.2, -0.15) is 26.3 Å². The second kappa shape index (κ2) is 32.6. The fourth-order valence-corrected chi connectivity index (χ4v) is 9.71. The van der Waals surface area contributed by atoms with Gasteiger partial charge in [0.25, 0.3) is 17.7 Å². The maximum absolute atomic E-state index is 13.3. The molecule has 0 saturated carbocycles. The average molecular weight is 1340 g/mol. The van der Waals surface area contributed by atoms with E-state index >= 15 is 0 Å². The number of nitrogens with two attached hydrogens (primary N) is 1. The summed E-state index contributed by atoms with van der Waals surface area (Å²) in [5.74, 6) is -2.28. The van der Waals surface area contributed by atoms with Gasteiger partial charge in [0.2, 0.25) is 0 Å². The van der Waals surface area contributed by atoms with Crippen molar-refractivity contribution in [2.75, 3.05) is 16.0 Å². The van der Waals surface area contributed by atoms with E-state index in [9.17, 15) is 45.5 Å². The van der Waals surface area contributed by atoms with Gasteiger partial charge in [0.15, 0.2) is 0 Å². The van der Waals surface area contributed by atoms with Crippen LogP contribution in [0.3, 0.4) is 0 Å². The Hall–Kier alpha value is -10.8. The van der Waals surface area contributed by atoms with Gasteiger partial charge in [-0.3, -0.25) is 34.3 Å². The number of aromatic nitrogens is 4. The molecule has 4 heterocycles. The van der Waals surface area contributed by atoms with E-state index in [0.717, 1.165) is 41.1 Å². The molecule has 0 aliphatic heterocycles. The van der Waals surface area contributed by atoms with E-state index in [4.69, 9.17) is 34.0 Å². The molecule has 0 unspecified atom stereocenters. The number of alkyl halides is 8. The lowest BCUT2D eigenvalue weighted by Crippen LogP contribution is -2.30. The number of carbonyl (C=O) groups excluding carboxylic acids is 3. The summed E-state index contributed by atoms with van der Waals surface area (Å²) in [5, 5.41) is 19.2. The number of benzene rings is 8. The fraction of sp³-hybridized carbons (Fsp3) is 0.0685. The highest BCUT2D eigenvalue weighted by atomic mass is 35.5. The first-order valence-corrected chi connectivity index (χ1v) is 29.6. The number of fused-ring (bicyclic) bond motifs is 2. The summed E-state index contributed by atoms with van der Waals surface area (Å²) < 4.78 is 77.6. The van der Waals surface area contributed by atoms with Crippen LogP contribution in [0.2, 0.25) is 0 Å². The Bertz CT molecular complexity index is 4490. The van der Waals surface area contributed by atoms with E-state index in [1.165, 1.54) is 42.7 Å². The van der Waals surface area contributed by atoms with E-state index in [2.05, 4.69) is 35.9 Å². The number of rotatable bonds is 13. The Kier molecular flexibility index (Phi) is 24.1. The largest absolute Gasteiger partial charge is 0.478 e. The first-order chi connectivity index (χ1) is 45.3. The van der Waals surface area contributed by atoms with Crippen molar-refractivity contribution in [1.29, 1.82) is 0 Å². The molecule has 0 aliphatic rings. The molecule has 4 aromatic heterocycles. The average Bonchev–Trinajstić information content (AvgIpc) is 0.851. The van der Waals surface area contributed by atoms with E-state index in [0.29, 0.717) is 77.8 Å². The molecule has 8 aromatic carbocycles. The number of pyridine rings is 4. The summed E-state index contributed by atoms with van der Waals surface area (Å²) in [6.45, 7) is 0. The Morgan fingerprint density at radius 2 is 0.853 bits per heavy atom. The number of nitrogens with zero attached hydrogens (tertiary/aromatic N) is 4. The summed E-state index contributed by atoms with van der Waals surface area (Å²) in [5.41, 5.74) is 13.0. The van der Waals surface area contributed by atoms with Gasteiger partial charge in [-0.1, -0.05) is 146 Å². The first kappa shape index (κ1) is 70.0. The summed E-state index contributed by atoms with van der Waals surface area (Å²) in [7, 11) is 0. The van der Waals surface area contributed by atoms with Crippen molar-refractivity contribution in [3.8, 4) is 22.3 Å². The number of carboxylic acid groups (broad SMARTS) is 1. The number of amides is 3. The number of nitrogens with one attached hydrogen (secondary N) is 3. The van der Waals surface area contributed by atoms with E-state index in [1.807, 2.05) is 97.1 Å². The smallest absolute Gasteiger partial charge is 0.416 e. The molecule has 13 nitrogen and oxygen atoms in total. The zero-order chi connectivity index (χ0) is 66.8. The second-order valence-corrected chi connectivity index (χ2v) is 21.3. The molecule has 0 fully saturated rings. The van der Waals surface area contributed by atoms with E-state index in [-0.39, 0.29) is 35.3 Å². The van der Waals surface area contributed by atoms with Gasteiger partial charge >= 0.3 is 18.3 Å². The minimum Gasteiger partial charge on any atom is -0.478 e. The molecule has 0 spiro atoms. The topological polar surface area (TPSA) is 202 Å². The van der Waals surface area contributed by atoms with Crippen molar-refractivity contribution in [2.24, 2.45) is 5.73 Å². The standard InChI is InChI=1S/C36H25F3N4O2.C24H15F3N2O3.C12H12N2.CH2Cl2.ClH/c37-36(38,39)27-16-13-23(14-17-27)29-10-4-5-11-30(29)35(45)42-28-18-15-25-20-26(22-41-32(25)21-28)34(44)43-33(24-8-2-1-3-9-24)31-12-6-7-19-40-31;25-24(26,27)17-8-5-14(6-9-17)19-3-1-2-4-20(19)22(30)29-18-10-7-15-11-16(23(31)32)13-28-21(15)12-18;13-12(10-6-2-1-3-7-10)11-8-4-5-9-14-11;2-1-3;/h1-22,33H,(H,42,45)(H,43,44);1-13H,(H,29,30)(H,31,32);1-9,12H,13H2;1H2;1H/t33-;;12-;;/m0.0../s1. The lowest BCUT2D eigenvalue weighted by atomic mass is 9.98. The number of hydrogen-bond donors (Lipinski definition) is 5. The van der Waals surface area contributed by atoms with Gasteiger partial charge in [-0.25, -0.2) is 4.79 Å². The summed E-state index contributed by atoms with van der Waals surface area (Å²) in [4.78, 5) is 67.9. The Labute approximate surface area is 557 Å². The second-order valence-electron chi connectivity index (χ2n) is 20.5. The highest BCUT2D eigenvalue weighted by Crippen LogP contribution is 2.35. The van der Waals surface area contributed by atoms with Crippen LogP contribution in [0.25, 0.3) is 44.1 Å². The van der Waals surface area contributed by atoms with Gasteiger partial charge in [-0.15, -0.1) is 35.6 Å². The van der Waals surface area contributed by atoms with Crippen molar-refractivity contribution >= 4 is 92.5 Å². The molecule has 95 heavy (non-hydrogen) atoms. The van der Waals surface area contributed by atoms with Gasteiger partial charge in [0.05, 0.1) is 62.1 Å². The Morgan fingerprint density at radius 3 is 1.28 bits per heavy atom. The summed E-state index contributed by atoms with van der Waals surface area (Å²) in [6, 6.07) is 66.1. The number of carbonyl (C=O) groups is 4. The third kappa shape index (κ3) is 18.7. The molecule has 480 valence electrons. The number of anilines is 2. The minimum absolute atomic E-state index is 0. The summed E-state index contributed by atoms with van der Waals surface area (Å²) in [6.07, 6.45) is -2.74. The molecule has 0 radical (unpaired) electrons. The van der Waals surface area contributed by atoms with Crippen LogP contribution in [0.15, 0.2) is 267 Å². The van der Waals surface area contributed by atoms with E-state index in [1.54, 1.807) is 103 Å². The van der Waals surface area contributed by atoms with Crippen LogP contribution in [0.4, 0.5) is 37.7 Å². The van der Waals surface area contributed by atoms with Crippen molar-refractivity contribution in [1.82, 2.24) is 25.3 Å². The molecule has 3 amide bonds. The predicted octanol–water partition coefficient (Wildman–Crippen LogP) is 17.9. The molecular weight excluding hydrogens is 1290 g/mol.